The van der Waals surface area contributed by atoms with Gasteiger partial charge in [0.2, 0.25) is 5.91 Å². The zero-order chi connectivity index (χ0) is 26.6. The SMILES string of the molecule is COc1cc(C)c([C@@H](C)NC(=O)CN(c2cccc(Cl)c2)S(=O)(=O)c2ccc(Cl)cc2)cc1C(C)C. The molecule has 3 rings (SSSR count). The summed E-state index contributed by atoms with van der Waals surface area (Å²) >= 11 is 12.1. The van der Waals surface area contributed by atoms with Crippen LogP contribution in [0.4, 0.5) is 5.69 Å². The lowest BCUT2D eigenvalue weighted by Gasteiger charge is -2.26. The lowest BCUT2D eigenvalue weighted by Crippen LogP contribution is -2.41. The van der Waals surface area contributed by atoms with E-state index in [2.05, 4.69) is 19.2 Å². The summed E-state index contributed by atoms with van der Waals surface area (Å²) in [5.74, 6) is 0.567. The fourth-order valence-electron chi connectivity index (χ4n) is 3.99. The van der Waals surface area contributed by atoms with Crippen LogP contribution in [0.25, 0.3) is 0 Å². The molecule has 0 bridgehead atoms. The Hall–Kier alpha value is -2.74. The van der Waals surface area contributed by atoms with Gasteiger partial charge >= 0.3 is 0 Å². The maximum atomic E-state index is 13.5. The number of halogens is 2. The molecule has 0 fully saturated rings. The minimum atomic E-state index is -4.08. The summed E-state index contributed by atoms with van der Waals surface area (Å²) in [6.07, 6.45) is 0. The van der Waals surface area contributed by atoms with Crippen LogP contribution in [0.3, 0.4) is 0 Å². The predicted octanol–water partition coefficient (Wildman–Crippen LogP) is 6.51. The van der Waals surface area contributed by atoms with Gasteiger partial charge in [0.15, 0.2) is 0 Å². The number of benzene rings is 3. The fraction of sp³-hybridized carbons (Fsp3) is 0.296. The summed E-state index contributed by atoms with van der Waals surface area (Å²) in [4.78, 5) is 13.2. The number of ether oxygens (including phenoxy) is 1. The first-order valence-corrected chi connectivity index (χ1v) is 13.6. The number of nitrogens with one attached hydrogen (secondary N) is 1. The van der Waals surface area contributed by atoms with Crippen molar-refractivity contribution in [3.05, 3.63) is 87.4 Å². The van der Waals surface area contributed by atoms with Crippen LogP contribution in [0, 0.1) is 6.92 Å². The van der Waals surface area contributed by atoms with Crippen LogP contribution in [-0.4, -0.2) is 28.0 Å². The molecule has 1 N–H and O–H groups in total. The van der Waals surface area contributed by atoms with Gasteiger partial charge < -0.3 is 10.1 Å². The first-order valence-electron chi connectivity index (χ1n) is 11.5. The van der Waals surface area contributed by atoms with E-state index in [0.717, 1.165) is 26.7 Å². The Labute approximate surface area is 223 Å². The number of rotatable bonds is 9. The molecule has 36 heavy (non-hydrogen) atoms. The van der Waals surface area contributed by atoms with E-state index in [1.165, 1.54) is 30.3 Å². The topological polar surface area (TPSA) is 75.7 Å². The molecule has 0 saturated heterocycles. The molecule has 0 unspecified atom stereocenters. The van der Waals surface area contributed by atoms with Crippen LogP contribution in [0.5, 0.6) is 5.75 Å². The summed E-state index contributed by atoms with van der Waals surface area (Å²) < 4.78 is 33.6. The van der Waals surface area contributed by atoms with Gasteiger partial charge in [0.25, 0.3) is 10.0 Å². The first-order chi connectivity index (χ1) is 16.9. The number of hydrogen-bond acceptors (Lipinski definition) is 4. The fourth-order valence-corrected chi connectivity index (χ4v) is 5.71. The number of carbonyl (C=O) groups excluding carboxylic acids is 1. The highest BCUT2D eigenvalue weighted by Gasteiger charge is 2.28. The van der Waals surface area contributed by atoms with E-state index in [1.807, 2.05) is 26.0 Å². The zero-order valence-corrected chi connectivity index (χ0v) is 23.2. The van der Waals surface area contributed by atoms with Crippen molar-refractivity contribution >= 4 is 44.8 Å². The summed E-state index contributed by atoms with van der Waals surface area (Å²) in [6, 6.07) is 15.8. The molecule has 0 saturated carbocycles. The van der Waals surface area contributed by atoms with Crippen LogP contribution in [0.2, 0.25) is 10.0 Å². The van der Waals surface area contributed by atoms with E-state index < -0.39 is 22.5 Å². The Kier molecular flexibility index (Phi) is 8.93. The Balaban J connectivity index is 1.92. The monoisotopic (exact) mass is 548 g/mol. The summed E-state index contributed by atoms with van der Waals surface area (Å²) in [7, 11) is -2.44. The third-order valence-electron chi connectivity index (χ3n) is 5.87. The van der Waals surface area contributed by atoms with Crippen molar-refractivity contribution in [2.24, 2.45) is 0 Å². The van der Waals surface area contributed by atoms with Crippen molar-refractivity contribution in [1.82, 2.24) is 5.32 Å². The van der Waals surface area contributed by atoms with E-state index >= 15 is 0 Å². The second-order valence-corrected chi connectivity index (χ2v) is 11.6. The van der Waals surface area contributed by atoms with Gasteiger partial charge in [-0.15, -0.1) is 0 Å². The molecule has 0 aliphatic rings. The smallest absolute Gasteiger partial charge is 0.264 e. The Morgan fingerprint density at radius 2 is 1.64 bits per heavy atom. The molecule has 3 aromatic carbocycles. The Morgan fingerprint density at radius 1 is 0.972 bits per heavy atom. The molecule has 6 nitrogen and oxygen atoms in total. The molecule has 0 spiro atoms. The maximum absolute atomic E-state index is 13.5. The Morgan fingerprint density at radius 3 is 2.22 bits per heavy atom. The van der Waals surface area contributed by atoms with Gasteiger partial charge in [0, 0.05) is 10.0 Å². The van der Waals surface area contributed by atoms with Crippen molar-refractivity contribution in [1.29, 1.82) is 0 Å². The summed E-state index contributed by atoms with van der Waals surface area (Å²) in [6.45, 7) is 7.54. The third kappa shape index (κ3) is 6.33. The van der Waals surface area contributed by atoms with Crippen LogP contribution in [0.15, 0.2) is 65.6 Å². The molecule has 0 radical (unpaired) electrons. The number of carbonyl (C=O) groups is 1. The van der Waals surface area contributed by atoms with Crippen LogP contribution in [-0.2, 0) is 14.8 Å². The lowest BCUT2D eigenvalue weighted by atomic mass is 9.93. The van der Waals surface area contributed by atoms with Crippen molar-refractivity contribution in [2.75, 3.05) is 18.0 Å². The van der Waals surface area contributed by atoms with E-state index in [-0.39, 0.29) is 22.5 Å². The number of sulfonamides is 1. The minimum absolute atomic E-state index is 0.0142. The van der Waals surface area contributed by atoms with Gasteiger partial charge in [0.1, 0.15) is 12.3 Å². The number of amides is 1. The number of methoxy groups -OCH3 is 1. The van der Waals surface area contributed by atoms with Gasteiger partial charge in [-0.2, -0.15) is 0 Å². The molecule has 0 aliphatic carbocycles. The standard InChI is InChI=1S/C27H30Cl2N2O4S/c1-17(2)24-15-25(18(3)13-26(24)35-5)19(4)30-27(32)16-31(22-8-6-7-21(29)14-22)36(33,34)23-11-9-20(28)10-12-23/h6-15,17,19H,16H2,1-5H3,(H,30,32)/t19-/m1/s1. The molecule has 3 aromatic rings. The molecule has 9 heteroatoms. The largest absolute Gasteiger partial charge is 0.496 e. The van der Waals surface area contributed by atoms with E-state index in [9.17, 15) is 13.2 Å². The van der Waals surface area contributed by atoms with Crippen molar-refractivity contribution in [2.45, 2.75) is 44.6 Å². The van der Waals surface area contributed by atoms with E-state index in [0.29, 0.717) is 10.0 Å². The molecule has 0 heterocycles. The number of hydrogen-bond donors (Lipinski definition) is 1. The highest BCUT2D eigenvalue weighted by molar-refractivity contribution is 7.92. The minimum Gasteiger partial charge on any atom is -0.496 e. The number of nitrogens with zero attached hydrogens (tertiary/aromatic N) is 1. The van der Waals surface area contributed by atoms with Crippen molar-refractivity contribution in [3.8, 4) is 5.75 Å². The highest BCUT2D eigenvalue weighted by atomic mass is 35.5. The Bertz CT molecular complexity index is 1340. The van der Waals surface area contributed by atoms with Crippen LogP contribution >= 0.6 is 23.2 Å². The average Bonchev–Trinajstić information content (AvgIpc) is 2.82. The highest BCUT2D eigenvalue weighted by Crippen LogP contribution is 2.32. The van der Waals surface area contributed by atoms with Crippen molar-refractivity contribution in [3.63, 3.8) is 0 Å². The van der Waals surface area contributed by atoms with Crippen LogP contribution < -0.4 is 14.4 Å². The van der Waals surface area contributed by atoms with E-state index in [1.54, 1.807) is 25.3 Å². The summed E-state index contributed by atoms with van der Waals surface area (Å²) in [5, 5.41) is 3.71. The second-order valence-electron chi connectivity index (χ2n) is 8.84. The molecule has 0 aliphatic heterocycles. The zero-order valence-electron chi connectivity index (χ0n) is 20.9. The van der Waals surface area contributed by atoms with Gasteiger partial charge in [-0.25, -0.2) is 8.42 Å². The normalized spacial score (nSPS) is 12.3. The third-order valence-corrected chi connectivity index (χ3v) is 8.14. The average molecular weight is 550 g/mol. The molecule has 1 amide bonds. The van der Waals surface area contributed by atoms with E-state index in [4.69, 9.17) is 27.9 Å². The van der Waals surface area contributed by atoms with Gasteiger partial charge in [-0.3, -0.25) is 9.10 Å². The van der Waals surface area contributed by atoms with Gasteiger partial charge in [0.05, 0.1) is 23.7 Å². The number of aryl methyl sites for hydroxylation is 1. The number of anilines is 1. The summed E-state index contributed by atoms with van der Waals surface area (Å²) in [5.41, 5.74) is 3.21. The van der Waals surface area contributed by atoms with Crippen molar-refractivity contribution < 1.29 is 17.9 Å². The molecular weight excluding hydrogens is 519 g/mol. The van der Waals surface area contributed by atoms with Crippen LogP contribution in [0.1, 0.15) is 49.4 Å². The quantitative estimate of drug-likeness (QED) is 0.330. The second kappa shape index (κ2) is 11.5. The maximum Gasteiger partial charge on any atom is 0.264 e. The molecule has 1 atom stereocenters. The van der Waals surface area contributed by atoms with Gasteiger partial charge in [-0.05, 0) is 91.1 Å². The predicted molar refractivity (Wildman–Crippen MR) is 146 cm³/mol. The first kappa shape index (κ1) is 27.8. The van der Waals surface area contributed by atoms with Gasteiger partial charge in [-0.1, -0.05) is 43.1 Å². The molecule has 192 valence electrons. The lowest BCUT2D eigenvalue weighted by molar-refractivity contribution is -0.120. The molecular formula is C27H30Cl2N2O4S. The molecule has 0 aromatic heterocycles.